The Morgan fingerprint density at radius 3 is 1.82 bits per heavy atom. The van der Waals surface area contributed by atoms with E-state index in [0.717, 1.165) is 6.92 Å². The molecule has 0 atom stereocenters. The molecule has 22 heavy (non-hydrogen) atoms. The van der Waals surface area contributed by atoms with E-state index >= 15 is 0 Å². The molecule has 1 aromatic carbocycles. The summed E-state index contributed by atoms with van der Waals surface area (Å²) in [7, 11) is -11.6. The average Bonchev–Trinajstić information content (AvgIpc) is 2.23. The number of sulfonamides is 2. The van der Waals surface area contributed by atoms with Gasteiger partial charge in [0.25, 0.3) is 10.0 Å². The van der Waals surface area contributed by atoms with Crippen LogP contribution >= 0.6 is 0 Å². The highest BCUT2D eigenvalue weighted by atomic mass is 32.3. The molecule has 0 aliphatic rings. The predicted octanol–water partition coefficient (Wildman–Crippen LogP) is 2.14. The van der Waals surface area contributed by atoms with Gasteiger partial charge in [-0.15, -0.1) is 0 Å². The summed E-state index contributed by atoms with van der Waals surface area (Å²) >= 11 is 0. The van der Waals surface area contributed by atoms with Crippen molar-refractivity contribution in [1.29, 1.82) is 0 Å². The fraction of sp³-hybridized carbons (Fsp3) is 0.333. The van der Waals surface area contributed by atoms with Gasteiger partial charge in [-0.2, -0.15) is 26.3 Å². The molecular formula is C9H7F6NO4S2. The number of aryl methyl sites for hydroxylation is 1. The number of halogens is 6. The van der Waals surface area contributed by atoms with E-state index < -0.39 is 42.2 Å². The lowest BCUT2D eigenvalue weighted by Crippen LogP contribution is -2.40. The Morgan fingerprint density at radius 1 is 0.909 bits per heavy atom. The van der Waals surface area contributed by atoms with E-state index in [4.69, 9.17) is 0 Å². The van der Waals surface area contributed by atoms with E-state index in [1.54, 1.807) is 0 Å². The third kappa shape index (κ3) is 4.10. The standard InChI is InChI=1S/C9H7F6NO4S2/c1-5-2-6(8(10,11)12)4-7(3-5)21(17,18)16-22(19,20)9(13,14)15/h2-4,16H,1H3. The van der Waals surface area contributed by atoms with Gasteiger partial charge in [-0.05, 0) is 30.7 Å². The maximum Gasteiger partial charge on any atom is 0.512 e. The first-order valence-corrected chi connectivity index (χ1v) is 8.07. The van der Waals surface area contributed by atoms with Crippen LogP contribution in [0.4, 0.5) is 26.3 Å². The molecule has 5 nitrogen and oxygen atoms in total. The zero-order valence-corrected chi connectivity index (χ0v) is 12.1. The van der Waals surface area contributed by atoms with Gasteiger partial charge in [0, 0.05) is 0 Å². The first-order chi connectivity index (χ1) is 9.56. The SMILES string of the molecule is Cc1cc(C(F)(F)F)cc(S(=O)(=O)NS(=O)(=O)C(F)(F)F)c1. The van der Waals surface area contributed by atoms with Crippen molar-refractivity contribution in [2.75, 3.05) is 0 Å². The quantitative estimate of drug-likeness (QED) is 0.826. The summed E-state index contributed by atoms with van der Waals surface area (Å²) in [4.78, 5) is -1.26. The minimum atomic E-state index is -6.28. The molecule has 1 N–H and O–H groups in total. The zero-order chi connectivity index (χ0) is 17.6. The van der Waals surface area contributed by atoms with Gasteiger partial charge in [0.05, 0.1) is 10.5 Å². The topological polar surface area (TPSA) is 80.3 Å². The predicted molar refractivity (Wildman–Crippen MR) is 61.5 cm³/mol. The summed E-state index contributed by atoms with van der Waals surface area (Å²) in [5.41, 5.74) is -7.62. The Labute approximate surface area is 121 Å². The Bertz CT molecular complexity index is 779. The molecule has 1 rings (SSSR count). The van der Waals surface area contributed by atoms with E-state index in [2.05, 4.69) is 0 Å². The summed E-state index contributed by atoms with van der Waals surface area (Å²) < 4.78 is 119. The van der Waals surface area contributed by atoms with E-state index in [0.29, 0.717) is 16.3 Å². The van der Waals surface area contributed by atoms with Gasteiger partial charge in [0.1, 0.15) is 0 Å². The molecule has 0 fully saturated rings. The number of hydrogen-bond donors (Lipinski definition) is 1. The molecule has 0 spiro atoms. The molecule has 0 heterocycles. The van der Waals surface area contributed by atoms with Crippen LogP contribution in [0.5, 0.6) is 0 Å². The summed E-state index contributed by atoms with van der Waals surface area (Å²) in [6.45, 7) is 1.06. The summed E-state index contributed by atoms with van der Waals surface area (Å²) in [6, 6.07) is 1.18. The van der Waals surface area contributed by atoms with Crippen molar-refractivity contribution in [3.63, 3.8) is 0 Å². The van der Waals surface area contributed by atoms with Crippen LogP contribution in [0.3, 0.4) is 0 Å². The average molecular weight is 371 g/mol. The molecule has 0 radical (unpaired) electrons. The smallest absolute Gasteiger partial charge is 0.206 e. The minimum absolute atomic E-state index is 0.0290. The second-order valence-corrected chi connectivity index (χ2v) is 7.68. The van der Waals surface area contributed by atoms with Gasteiger partial charge in [-0.3, -0.25) is 0 Å². The first-order valence-electron chi connectivity index (χ1n) is 5.10. The maximum atomic E-state index is 12.5. The Morgan fingerprint density at radius 2 is 1.41 bits per heavy atom. The van der Waals surface area contributed by atoms with E-state index in [-0.39, 0.29) is 11.6 Å². The normalized spacial score (nSPS) is 14.1. The first kappa shape index (κ1) is 18.7. The van der Waals surface area contributed by atoms with Crippen molar-refractivity contribution in [2.45, 2.75) is 23.5 Å². The Hall–Kier alpha value is -1.34. The van der Waals surface area contributed by atoms with Crippen LogP contribution in [0, 0.1) is 6.92 Å². The number of nitrogens with one attached hydrogen (secondary N) is 1. The summed E-state index contributed by atoms with van der Waals surface area (Å²) in [5.74, 6) is 0. The largest absolute Gasteiger partial charge is 0.512 e. The number of benzene rings is 1. The molecule has 0 aliphatic heterocycles. The molecule has 0 unspecified atom stereocenters. The lowest BCUT2D eigenvalue weighted by Gasteiger charge is -2.13. The molecule has 126 valence electrons. The molecule has 1 aromatic rings. The van der Waals surface area contributed by atoms with Gasteiger partial charge < -0.3 is 0 Å². The van der Waals surface area contributed by atoms with E-state index in [1.165, 1.54) is 0 Å². The highest BCUT2D eigenvalue weighted by Crippen LogP contribution is 2.32. The van der Waals surface area contributed by atoms with Gasteiger partial charge in [0.2, 0.25) is 0 Å². The Balaban J connectivity index is 3.40. The van der Waals surface area contributed by atoms with Crippen LogP contribution < -0.4 is 4.13 Å². The van der Waals surface area contributed by atoms with Crippen molar-refractivity contribution < 1.29 is 43.2 Å². The van der Waals surface area contributed by atoms with Crippen LogP contribution in [-0.2, 0) is 26.2 Å². The molecule has 0 amide bonds. The number of rotatable bonds is 3. The van der Waals surface area contributed by atoms with Gasteiger partial charge >= 0.3 is 21.7 Å². The van der Waals surface area contributed by atoms with E-state index in [1.807, 2.05) is 0 Å². The number of alkyl halides is 6. The van der Waals surface area contributed by atoms with Crippen LogP contribution in [0.15, 0.2) is 23.1 Å². The zero-order valence-electron chi connectivity index (χ0n) is 10.4. The van der Waals surface area contributed by atoms with Crippen molar-refractivity contribution in [3.8, 4) is 0 Å². The molecule has 0 bridgehead atoms. The third-order valence-electron chi connectivity index (χ3n) is 2.21. The van der Waals surface area contributed by atoms with Gasteiger partial charge in [-0.25, -0.2) is 16.8 Å². The fourth-order valence-corrected chi connectivity index (χ4v) is 3.85. The van der Waals surface area contributed by atoms with Crippen molar-refractivity contribution in [2.24, 2.45) is 0 Å². The second-order valence-electron chi connectivity index (χ2n) is 4.07. The Kier molecular flexibility index (Phi) is 4.58. The van der Waals surface area contributed by atoms with Crippen LogP contribution in [0.25, 0.3) is 0 Å². The van der Waals surface area contributed by atoms with E-state index in [9.17, 15) is 43.2 Å². The maximum absolute atomic E-state index is 12.5. The highest BCUT2D eigenvalue weighted by molar-refractivity contribution is 8.05. The lowest BCUT2D eigenvalue weighted by molar-refractivity contribution is -0.137. The summed E-state index contributed by atoms with van der Waals surface area (Å²) in [5, 5.41) is 0. The third-order valence-corrected chi connectivity index (χ3v) is 5.43. The van der Waals surface area contributed by atoms with Crippen LogP contribution in [0.1, 0.15) is 11.1 Å². The minimum Gasteiger partial charge on any atom is -0.206 e. The molecular weight excluding hydrogens is 364 g/mol. The fourth-order valence-electron chi connectivity index (χ4n) is 1.31. The molecule has 0 saturated carbocycles. The molecule has 13 heteroatoms. The molecule has 0 saturated heterocycles. The molecule has 0 aromatic heterocycles. The number of hydrogen-bond acceptors (Lipinski definition) is 4. The van der Waals surface area contributed by atoms with Crippen LogP contribution in [-0.4, -0.2) is 22.3 Å². The summed E-state index contributed by atoms with van der Waals surface area (Å²) in [6.07, 6.45) is -4.96. The lowest BCUT2D eigenvalue weighted by atomic mass is 10.1. The van der Waals surface area contributed by atoms with Crippen molar-refractivity contribution in [3.05, 3.63) is 29.3 Å². The van der Waals surface area contributed by atoms with Gasteiger partial charge in [0.15, 0.2) is 0 Å². The van der Waals surface area contributed by atoms with Crippen LogP contribution in [0.2, 0.25) is 0 Å². The van der Waals surface area contributed by atoms with Crippen molar-refractivity contribution in [1.82, 2.24) is 4.13 Å². The highest BCUT2D eigenvalue weighted by Gasteiger charge is 2.48. The van der Waals surface area contributed by atoms with Crippen molar-refractivity contribution >= 4 is 20.0 Å². The second kappa shape index (κ2) is 5.38. The monoisotopic (exact) mass is 371 g/mol. The van der Waals surface area contributed by atoms with Gasteiger partial charge in [-0.1, -0.05) is 4.13 Å². The molecule has 0 aliphatic carbocycles.